The summed E-state index contributed by atoms with van der Waals surface area (Å²) < 4.78 is 37.6. The van der Waals surface area contributed by atoms with Crippen molar-refractivity contribution in [3.8, 4) is 17.0 Å². The summed E-state index contributed by atoms with van der Waals surface area (Å²) in [6.45, 7) is 6.76. The number of amides is 1. The zero-order chi connectivity index (χ0) is 24.5. The molecule has 34 heavy (non-hydrogen) atoms. The van der Waals surface area contributed by atoms with Crippen LogP contribution in [0.15, 0.2) is 35.5 Å². The summed E-state index contributed by atoms with van der Waals surface area (Å²) in [5.74, 6) is 0.668. The summed E-state index contributed by atoms with van der Waals surface area (Å²) >= 11 is 0. The molecule has 4 heterocycles. The van der Waals surface area contributed by atoms with Crippen LogP contribution in [0.5, 0.6) is 5.75 Å². The molecule has 0 saturated heterocycles. The lowest BCUT2D eigenvalue weighted by atomic mass is 10.1. The van der Waals surface area contributed by atoms with Gasteiger partial charge in [0.15, 0.2) is 14.9 Å². The number of fused-ring (bicyclic) bond motifs is 1. The first-order valence-electron chi connectivity index (χ1n) is 10.7. The van der Waals surface area contributed by atoms with Crippen molar-refractivity contribution < 1.29 is 22.7 Å². The van der Waals surface area contributed by atoms with Gasteiger partial charge in [-0.05, 0) is 19.9 Å². The maximum Gasteiger partial charge on any atom is 0.222 e. The second-order valence-electron chi connectivity index (χ2n) is 8.18. The second kappa shape index (κ2) is 9.39. The van der Waals surface area contributed by atoms with Crippen molar-refractivity contribution in [2.24, 2.45) is 0 Å². The second-order valence-corrected chi connectivity index (χ2v) is 10.1. The molecule has 0 fully saturated rings. The molecule has 0 unspecified atom stereocenters. The van der Waals surface area contributed by atoms with Crippen molar-refractivity contribution in [3.63, 3.8) is 0 Å². The van der Waals surface area contributed by atoms with Gasteiger partial charge >= 0.3 is 0 Å². The fraction of sp³-hybridized carbons (Fsp3) is 0.364. The molecule has 1 aliphatic rings. The Hall–Kier alpha value is -3.51. The molecule has 0 spiro atoms. The highest BCUT2D eigenvalue weighted by Gasteiger charge is 2.19. The third-order valence-corrected chi connectivity index (χ3v) is 5.80. The number of anilines is 3. The van der Waals surface area contributed by atoms with Crippen LogP contribution in [-0.2, 0) is 32.5 Å². The first-order valence-corrected chi connectivity index (χ1v) is 12.6. The number of aromatic nitrogens is 4. The van der Waals surface area contributed by atoms with E-state index in [0.29, 0.717) is 48.3 Å². The largest absolute Gasteiger partial charge is 0.491 e. The summed E-state index contributed by atoms with van der Waals surface area (Å²) in [6, 6.07) is 6.56. The molecule has 180 valence electrons. The van der Waals surface area contributed by atoms with E-state index in [2.05, 4.69) is 25.7 Å². The summed E-state index contributed by atoms with van der Waals surface area (Å²) in [6.07, 6.45) is 2.52. The Balaban J connectivity index is 1.79. The fourth-order valence-corrected chi connectivity index (χ4v) is 4.04. The Kier molecular flexibility index (Phi) is 6.53. The highest BCUT2D eigenvalue weighted by atomic mass is 32.2. The van der Waals surface area contributed by atoms with E-state index in [4.69, 9.17) is 9.47 Å². The fourth-order valence-electron chi connectivity index (χ4n) is 3.45. The Labute approximate surface area is 197 Å². The van der Waals surface area contributed by atoms with E-state index in [1.165, 1.54) is 13.0 Å². The van der Waals surface area contributed by atoms with Crippen molar-refractivity contribution >= 4 is 33.1 Å². The van der Waals surface area contributed by atoms with Crippen molar-refractivity contribution in [2.75, 3.05) is 23.5 Å². The number of carbonyl (C=O) groups excluding carboxylic acids is 1. The van der Waals surface area contributed by atoms with Crippen molar-refractivity contribution in [2.45, 2.75) is 45.1 Å². The van der Waals surface area contributed by atoms with Gasteiger partial charge in [0.25, 0.3) is 0 Å². The van der Waals surface area contributed by atoms with Crippen molar-refractivity contribution in [3.05, 3.63) is 36.2 Å². The van der Waals surface area contributed by atoms with Gasteiger partial charge in [-0.15, -0.1) is 0 Å². The van der Waals surface area contributed by atoms with Crippen LogP contribution >= 0.6 is 0 Å². The minimum absolute atomic E-state index is 0.125. The number of carbonyl (C=O) groups is 1. The van der Waals surface area contributed by atoms with Crippen LogP contribution in [0.4, 0.5) is 17.3 Å². The minimum Gasteiger partial charge on any atom is -0.491 e. The molecule has 0 radical (unpaired) electrons. The molecule has 0 atom stereocenters. The molecule has 11 nitrogen and oxygen atoms in total. The average Bonchev–Trinajstić information content (AvgIpc) is 3.16. The topological polar surface area (TPSA) is 137 Å². The third-order valence-electron chi connectivity index (χ3n) is 4.83. The quantitative estimate of drug-likeness (QED) is 0.516. The van der Waals surface area contributed by atoms with Crippen LogP contribution in [0.1, 0.15) is 26.5 Å². The lowest BCUT2D eigenvalue weighted by Crippen LogP contribution is -2.16. The third kappa shape index (κ3) is 5.51. The molecule has 0 bridgehead atoms. The highest BCUT2D eigenvalue weighted by Crippen LogP contribution is 2.33. The number of pyridine rings is 2. The molecule has 12 heteroatoms. The van der Waals surface area contributed by atoms with Crippen molar-refractivity contribution in [1.82, 2.24) is 19.7 Å². The average molecular weight is 487 g/mol. The number of ether oxygens (including phenoxy) is 2. The van der Waals surface area contributed by atoms with Gasteiger partial charge in [0.2, 0.25) is 5.91 Å². The normalized spacial score (nSPS) is 13.4. The molecular weight excluding hydrogens is 460 g/mol. The number of rotatable bonds is 7. The van der Waals surface area contributed by atoms with E-state index in [-0.39, 0.29) is 22.9 Å². The summed E-state index contributed by atoms with van der Waals surface area (Å²) in [5.41, 5.74) is 2.77. The van der Waals surface area contributed by atoms with Crippen LogP contribution in [-0.4, -0.2) is 53.0 Å². The van der Waals surface area contributed by atoms with Gasteiger partial charge in [-0.25, -0.2) is 18.4 Å². The number of hydrogen-bond donors (Lipinski definition) is 2. The van der Waals surface area contributed by atoms with Crippen LogP contribution in [0.3, 0.4) is 0 Å². The molecule has 3 aromatic heterocycles. The zero-order valence-corrected chi connectivity index (χ0v) is 20.1. The van der Waals surface area contributed by atoms with E-state index in [1.807, 2.05) is 24.6 Å². The molecular formula is C22H26N6O5S. The molecule has 0 aromatic carbocycles. The Morgan fingerprint density at radius 3 is 2.68 bits per heavy atom. The molecule has 0 aliphatic carbocycles. The van der Waals surface area contributed by atoms with Gasteiger partial charge < -0.3 is 20.1 Å². The van der Waals surface area contributed by atoms with E-state index in [1.54, 1.807) is 18.3 Å². The first kappa shape index (κ1) is 23.6. The van der Waals surface area contributed by atoms with Gasteiger partial charge in [0.05, 0.1) is 42.9 Å². The first-order chi connectivity index (χ1) is 16.1. The molecule has 3 aromatic rings. The highest BCUT2D eigenvalue weighted by molar-refractivity contribution is 7.90. The van der Waals surface area contributed by atoms with Crippen LogP contribution in [0, 0.1) is 0 Å². The lowest BCUT2D eigenvalue weighted by Gasteiger charge is -2.15. The van der Waals surface area contributed by atoms with Crippen molar-refractivity contribution in [1.29, 1.82) is 0 Å². The Morgan fingerprint density at radius 1 is 1.21 bits per heavy atom. The summed E-state index contributed by atoms with van der Waals surface area (Å²) in [7, 11) is -3.59. The van der Waals surface area contributed by atoms with E-state index >= 15 is 0 Å². The monoisotopic (exact) mass is 486 g/mol. The van der Waals surface area contributed by atoms with Gasteiger partial charge in [-0.1, -0.05) is 0 Å². The van der Waals surface area contributed by atoms with Crippen LogP contribution in [0.2, 0.25) is 0 Å². The van der Waals surface area contributed by atoms with Crippen LogP contribution in [0.25, 0.3) is 11.3 Å². The number of nitrogens with one attached hydrogen (secondary N) is 2. The standard InChI is InChI=1S/C22H26N6O5S/c1-13(2)33-16-8-21(26-22(9-16)34(4,30)31)25-18-10-20(24-14(3)29)23-11-17(18)19-7-15-12-32-6-5-28(15)27-19/h7-11,13H,5-6,12H2,1-4H3,(H2,23,24,25,26,29). The zero-order valence-electron chi connectivity index (χ0n) is 19.3. The smallest absolute Gasteiger partial charge is 0.222 e. The molecule has 1 aliphatic heterocycles. The predicted octanol–water partition coefficient (Wildman–Crippen LogP) is 2.76. The number of sulfone groups is 1. The van der Waals surface area contributed by atoms with Gasteiger partial charge in [0.1, 0.15) is 17.4 Å². The molecule has 1 amide bonds. The number of hydrogen-bond acceptors (Lipinski definition) is 9. The van der Waals surface area contributed by atoms with E-state index in [0.717, 1.165) is 11.9 Å². The molecule has 0 saturated carbocycles. The minimum atomic E-state index is -3.59. The predicted molar refractivity (Wildman–Crippen MR) is 126 cm³/mol. The Morgan fingerprint density at radius 2 is 2.00 bits per heavy atom. The molecule has 2 N–H and O–H groups in total. The SMILES string of the molecule is CC(=O)Nc1cc(Nc2cc(OC(C)C)cc(S(C)(=O)=O)n2)c(-c2cc3n(n2)CCOC3)cn1. The van der Waals surface area contributed by atoms with Gasteiger partial charge in [0, 0.05) is 43.1 Å². The number of nitrogens with zero attached hydrogens (tertiary/aromatic N) is 4. The lowest BCUT2D eigenvalue weighted by molar-refractivity contribution is -0.114. The van der Waals surface area contributed by atoms with Gasteiger partial charge in [-0.3, -0.25) is 9.48 Å². The summed E-state index contributed by atoms with van der Waals surface area (Å²) in [5, 5.41) is 10.4. The molecule has 4 rings (SSSR count). The maximum absolute atomic E-state index is 12.2. The Bertz CT molecular complexity index is 1310. The maximum atomic E-state index is 12.2. The summed E-state index contributed by atoms with van der Waals surface area (Å²) in [4.78, 5) is 20.2. The van der Waals surface area contributed by atoms with E-state index in [9.17, 15) is 13.2 Å². The van der Waals surface area contributed by atoms with Gasteiger partial charge in [-0.2, -0.15) is 5.10 Å². The van der Waals surface area contributed by atoms with E-state index < -0.39 is 9.84 Å². The van der Waals surface area contributed by atoms with Crippen LogP contribution < -0.4 is 15.4 Å².